The van der Waals surface area contributed by atoms with E-state index in [9.17, 15) is 4.79 Å². The first-order valence-electron chi connectivity index (χ1n) is 10.2. The number of carbonyl (C=O) groups is 1. The van der Waals surface area contributed by atoms with Crippen LogP contribution >= 0.6 is 11.3 Å². The summed E-state index contributed by atoms with van der Waals surface area (Å²) < 4.78 is 5.25. The number of hydrogen-bond acceptors (Lipinski definition) is 6. The monoisotopic (exact) mass is 397 g/mol. The number of likely N-dealkylation sites (tertiary alicyclic amines) is 1. The van der Waals surface area contributed by atoms with Crippen LogP contribution in [0.5, 0.6) is 0 Å². The Morgan fingerprint density at radius 2 is 2.14 bits per heavy atom. The maximum absolute atomic E-state index is 12.0. The molecule has 1 saturated heterocycles. The molecule has 0 atom stereocenters. The molecule has 0 spiro atoms. The summed E-state index contributed by atoms with van der Waals surface area (Å²) in [6.45, 7) is 4.41. The molecule has 2 aliphatic heterocycles. The van der Waals surface area contributed by atoms with Gasteiger partial charge in [0.1, 0.15) is 6.61 Å². The summed E-state index contributed by atoms with van der Waals surface area (Å²) in [4.78, 5) is 23.2. The average Bonchev–Trinajstić information content (AvgIpc) is 3.44. The molecule has 4 rings (SSSR count). The number of thiophene rings is 1. The molecule has 0 bridgehead atoms. The Kier molecular flexibility index (Phi) is 6.49. The van der Waals surface area contributed by atoms with Crippen LogP contribution in [0.25, 0.3) is 11.3 Å². The Morgan fingerprint density at radius 1 is 1.25 bits per heavy atom. The zero-order valence-electron chi connectivity index (χ0n) is 16.2. The lowest BCUT2D eigenvalue weighted by molar-refractivity contribution is -0.114. The highest BCUT2D eigenvalue weighted by Gasteiger charge is 2.21. The van der Waals surface area contributed by atoms with E-state index in [-0.39, 0.29) is 5.78 Å². The standard InChI is InChI=1S/C22H27N3O2S/c26-21(22-23-9-12-27-22)3-1-2-17-6-10-25(11-7-17)15-18-4-5-20(24-14-18)19-8-13-28-16-19/h4-5,8,13-14,16-17H,1-3,6-7,9-12,15H2. The van der Waals surface area contributed by atoms with Gasteiger partial charge in [0, 0.05) is 30.1 Å². The van der Waals surface area contributed by atoms with E-state index in [0.29, 0.717) is 25.5 Å². The lowest BCUT2D eigenvalue weighted by Crippen LogP contribution is -2.33. The van der Waals surface area contributed by atoms with Gasteiger partial charge in [-0.1, -0.05) is 6.07 Å². The number of pyridine rings is 1. The Balaban J connectivity index is 1.16. The maximum Gasteiger partial charge on any atom is 0.253 e. The van der Waals surface area contributed by atoms with Gasteiger partial charge in [-0.05, 0) is 67.8 Å². The average molecular weight is 398 g/mol. The van der Waals surface area contributed by atoms with Gasteiger partial charge in [0.05, 0.1) is 12.2 Å². The van der Waals surface area contributed by atoms with E-state index in [1.54, 1.807) is 11.3 Å². The van der Waals surface area contributed by atoms with Gasteiger partial charge in [0.25, 0.3) is 5.90 Å². The molecule has 2 aliphatic rings. The van der Waals surface area contributed by atoms with Crippen molar-refractivity contribution in [1.29, 1.82) is 0 Å². The van der Waals surface area contributed by atoms with Gasteiger partial charge in [-0.25, -0.2) is 4.99 Å². The second kappa shape index (κ2) is 9.43. The molecule has 6 heteroatoms. The Labute approximate surface area is 170 Å². The van der Waals surface area contributed by atoms with Crippen molar-refractivity contribution in [3.63, 3.8) is 0 Å². The van der Waals surface area contributed by atoms with Crippen molar-refractivity contribution in [3.05, 3.63) is 40.7 Å². The van der Waals surface area contributed by atoms with Crippen molar-refractivity contribution in [2.24, 2.45) is 10.9 Å². The van der Waals surface area contributed by atoms with Gasteiger partial charge in [-0.3, -0.25) is 14.7 Å². The highest BCUT2D eigenvalue weighted by Crippen LogP contribution is 2.25. The third-order valence-electron chi connectivity index (χ3n) is 5.60. The second-order valence-corrected chi connectivity index (χ2v) is 8.41. The topological polar surface area (TPSA) is 54.8 Å². The third kappa shape index (κ3) is 5.06. The summed E-state index contributed by atoms with van der Waals surface area (Å²) >= 11 is 1.70. The smallest absolute Gasteiger partial charge is 0.253 e. The Morgan fingerprint density at radius 3 is 2.82 bits per heavy atom. The van der Waals surface area contributed by atoms with Crippen molar-refractivity contribution < 1.29 is 9.53 Å². The highest BCUT2D eigenvalue weighted by molar-refractivity contribution is 7.08. The summed E-state index contributed by atoms with van der Waals surface area (Å²) in [6.07, 6.45) is 7.08. The van der Waals surface area contributed by atoms with Gasteiger partial charge in [0.15, 0.2) is 0 Å². The van der Waals surface area contributed by atoms with Crippen molar-refractivity contribution in [2.45, 2.75) is 38.6 Å². The van der Waals surface area contributed by atoms with Crippen LogP contribution in [0.3, 0.4) is 0 Å². The molecule has 4 heterocycles. The van der Waals surface area contributed by atoms with Crippen LogP contribution in [0.4, 0.5) is 0 Å². The van der Waals surface area contributed by atoms with Gasteiger partial charge >= 0.3 is 0 Å². The predicted molar refractivity (Wildman–Crippen MR) is 113 cm³/mol. The van der Waals surface area contributed by atoms with Crippen molar-refractivity contribution >= 4 is 23.0 Å². The molecule has 2 aromatic heterocycles. The number of ether oxygens (including phenoxy) is 1. The molecule has 0 aromatic carbocycles. The number of piperidine rings is 1. The largest absolute Gasteiger partial charge is 0.473 e. The molecule has 0 unspecified atom stereocenters. The third-order valence-corrected chi connectivity index (χ3v) is 6.28. The molecule has 0 aliphatic carbocycles. The minimum Gasteiger partial charge on any atom is -0.473 e. The maximum atomic E-state index is 12.0. The highest BCUT2D eigenvalue weighted by atomic mass is 32.1. The van der Waals surface area contributed by atoms with Gasteiger partial charge < -0.3 is 4.74 Å². The lowest BCUT2D eigenvalue weighted by atomic mass is 9.91. The predicted octanol–water partition coefficient (Wildman–Crippen LogP) is 4.19. The summed E-state index contributed by atoms with van der Waals surface area (Å²) in [5, 5.41) is 4.22. The van der Waals surface area contributed by atoms with Crippen LogP contribution in [0.1, 0.15) is 37.7 Å². The fraction of sp³-hybridized carbons (Fsp3) is 0.500. The van der Waals surface area contributed by atoms with Crippen molar-refractivity contribution in [3.8, 4) is 11.3 Å². The van der Waals surface area contributed by atoms with E-state index in [4.69, 9.17) is 4.74 Å². The van der Waals surface area contributed by atoms with Gasteiger partial charge in [-0.2, -0.15) is 11.3 Å². The molecule has 0 N–H and O–H groups in total. The summed E-state index contributed by atoms with van der Waals surface area (Å²) in [7, 11) is 0. The van der Waals surface area contributed by atoms with Crippen LogP contribution in [0.2, 0.25) is 0 Å². The van der Waals surface area contributed by atoms with E-state index < -0.39 is 0 Å². The number of hydrogen-bond donors (Lipinski definition) is 0. The first-order chi connectivity index (χ1) is 13.8. The molecule has 0 amide bonds. The van der Waals surface area contributed by atoms with Crippen LogP contribution in [0.15, 0.2) is 40.1 Å². The first kappa shape index (κ1) is 19.3. The number of rotatable bonds is 8. The number of ketones is 1. The normalized spacial score (nSPS) is 18.1. The first-order valence-corrected chi connectivity index (χ1v) is 11.1. The lowest BCUT2D eigenvalue weighted by Gasteiger charge is -2.32. The molecule has 0 radical (unpaired) electrons. The van der Waals surface area contributed by atoms with E-state index in [0.717, 1.165) is 44.1 Å². The van der Waals surface area contributed by atoms with Crippen LogP contribution < -0.4 is 0 Å². The zero-order valence-corrected chi connectivity index (χ0v) is 17.0. The van der Waals surface area contributed by atoms with E-state index in [1.807, 2.05) is 6.20 Å². The fourth-order valence-corrected chi connectivity index (χ4v) is 4.60. The van der Waals surface area contributed by atoms with E-state index >= 15 is 0 Å². The number of aromatic nitrogens is 1. The Hall–Kier alpha value is -2.05. The van der Waals surface area contributed by atoms with Crippen molar-refractivity contribution in [1.82, 2.24) is 9.88 Å². The molecule has 2 aromatic rings. The minimum atomic E-state index is 0.0772. The molecule has 0 saturated carbocycles. The van der Waals surface area contributed by atoms with E-state index in [1.165, 1.54) is 24.0 Å². The molecule has 148 valence electrons. The number of carbonyl (C=O) groups excluding carboxylic acids is 1. The van der Waals surface area contributed by atoms with Crippen molar-refractivity contribution in [2.75, 3.05) is 26.2 Å². The number of nitrogens with zero attached hydrogens (tertiary/aromatic N) is 3. The quantitative estimate of drug-likeness (QED) is 0.670. The summed E-state index contributed by atoms with van der Waals surface area (Å²) in [5.74, 6) is 1.16. The van der Waals surface area contributed by atoms with Crippen LogP contribution in [-0.4, -0.2) is 47.8 Å². The number of aliphatic imine (C=N–C) groups is 1. The van der Waals surface area contributed by atoms with Gasteiger partial charge in [0.2, 0.25) is 5.78 Å². The molecule has 1 fully saturated rings. The minimum absolute atomic E-state index is 0.0772. The molecule has 28 heavy (non-hydrogen) atoms. The summed E-state index contributed by atoms with van der Waals surface area (Å²) in [5.41, 5.74) is 3.52. The van der Waals surface area contributed by atoms with E-state index in [2.05, 4.69) is 43.8 Å². The molecule has 5 nitrogen and oxygen atoms in total. The number of Topliss-reactive ketones (excluding diaryl/α,β-unsaturated/α-hetero) is 1. The summed E-state index contributed by atoms with van der Waals surface area (Å²) in [6, 6.07) is 6.43. The zero-order chi connectivity index (χ0) is 19.2. The van der Waals surface area contributed by atoms with Crippen LogP contribution in [0, 0.1) is 5.92 Å². The Bertz CT molecular complexity index is 794. The SMILES string of the molecule is O=C(CCCC1CCN(Cc2ccc(-c3ccsc3)nc2)CC1)C1=NCCO1. The van der Waals surface area contributed by atoms with Gasteiger partial charge in [-0.15, -0.1) is 0 Å². The molecular weight excluding hydrogens is 370 g/mol. The molecular formula is C22H27N3O2S. The van der Waals surface area contributed by atoms with Crippen LogP contribution in [-0.2, 0) is 16.1 Å². The second-order valence-electron chi connectivity index (χ2n) is 7.63. The fourth-order valence-electron chi connectivity index (χ4n) is 3.95.